The molecule has 5 aromatic rings. The van der Waals surface area contributed by atoms with Gasteiger partial charge in [0.2, 0.25) is 5.13 Å². The summed E-state index contributed by atoms with van der Waals surface area (Å²) in [5.41, 5.74) is 5.09. The average molecular weight is 450 g/mol. The Morgan fingerprint density at radius 2 is 1.55 bits per heavy atom. The Morgan fingerprint density at radius 3 is 2.36 bits per heavy atom. The Bertz CT molecular complexity index is 1460. The summed E-state index contributed by atoms with van der Waals surface area (Å²) in [4.78, 5) is 4.92. The fourth-order valence-corrected chi connectivity index (χ4v) is 5.12. The molecule has 0 fully saturated rings. The number of halogens is 1. The van der Waals surface area contributed by atoms with Crippen LogP contribution in [0, 0.1) is 5.82 Å². The highest BCUT2D eigenvalue weighted by atomic mass is 32.1. The van der Waals surface area contributed by atoms with Gasteiger partial charge in [-0.25, -0.2) is 14.4 Å². The first-order valence-corrected chi connectivity index (χ1v) is 11.7. The Hall–Kier alpha value is -3.83. The molecule has 0 aliphatic carbocycles. The molecule has 2 heterocycles. The molecule has 6 rings (SSSR count). The van der Waals surface area contributed by atoms with E-state index >= 15 is 0 Å². The fraction of sp³-hybridized carbons (Fsp3) is 0.0714. The van der Waals surface area contributed by atoms with Crippen molar-refractivity contribution in [2.45, 2.75) is 12.5 Å². The van der Waals surface area contributed by atoms with Crippen LogP contribution in [0.5, 0.6) is 0 Å². The maximum absolute atomic E-state index is 13.5. The molecule has 0 N–H and O–H groups in total. The molecule has 160 valence electrons. The van der Waals surface area contributed by atoms with Gasteiger partial charge in [0.1, 0.15) is 5.82 Å². The Morgan fingerprint density at radius 1 is 0.788 bits per heavy atom. The zero-order chi connectivity index (χ0) is 22.2. The van der Waals surface area contributed by atoms with Crippen molar-refractivity contribution in [3.05, 3.63) is 119 Å². The maximum atomic E-state index is 13.5. The molecule has 5 heteroatoms. The second-order valence-electron chi connectivity index (χ2n) is 8.11. The van der Waals surface area contributed by atoms with E-state index in [2.05, 4.69) is 60.0 Å². The number of anilines is 1. The van der Waals surface area contributed by atoms with Gasteiger partial charge in [-0.05, 0) is 40.1 Å². The Labute approximate surface area is 195 Å². The van der Waals surface area contributed by atoms with Crippen molar-refractivity contribution >= 4 is 33.0 Å². The summed E-state index contributed by atoms with van der Waals surface area (Å²) < 4.78 is 13.5. The number of fused-ring (bicyclic) bond motifs is 1. The van der Waals surface area contributed by atoms with Crippen molar-refractivity contribution in [3.63, 3.8) is 0 Å². The van der Waals surface area contributed by atoms with Crippen molar-refractivity contribution in [2.75, 3.05) is 5.01 Å². The van der Waals surface area contributed by atoms with E-state index in [1.165, 1.54) is 28.5 Å². The lowest BCUT2D eigenvalue weighted by Gasteiger charge is -2.21. The normalized spacial score (nSPS) is 15.7. The van der Waals surface area contributed by atoms with E-state index in [1.807, 2.05) is 23.2 Å². The van der Waals surface area contributed by atoms with Crippen LogP contribution in [0.4, 0.5) is 9.52 Å². The molecule has 1 aromatic heterocycles. The van der Waals surface area contributed by atoms with Crippen LogP contribution < -0.4 is 5.01 Å². The average Bonchev–Trinajstić information content (AvgIpc) is 3.53. The molecular formula is C28H20FN3S. The SMILES string of the molecule is Fc1ccc(C2=NN(c3nc(-c4ccccc4)cs3)C(c3ccc4ccccc4c3)C2)cc1. The second-order valence-corrected chi connectivity index (χ2v) is 8.94. The van der Waals surface area contributed by atoms with Crippen molar-refractivity contribution in [1.29, 1.82) is 0 Å². The van der Waals surface area contributed by atoms with Gasteiger partial charge in [-0.1, -0.05) is 78.9 Å². The Balaban J connectivity index is 1.42. The molecule has 33 heavy (non-hydrogen) atoms. The minimum absolute atomic E-state index is 0.0180. The van der Waals surface area contributed by atoms with Crippen LogP contribution >= 0.6 is 11.3 Å². The number of hydrogen-bond donors (Lipinski definition) is 0. The van der Waals surface area contributed by atoms with Gasteiger partial charge in [0.25, 0.3) is 0 Å². The minimum atomic E-state index is -0.243. The quantitative estimate of drug-likeness (QED) is 0.285. The van der Waals surface area contributed by atoms with Crippen molar-refractivity contribution in [3.8, 4) is 11.3 Å². The fourth-order valence-electron chi connectivity index (χ4n) is 4.29. The first kappa shape index (κ1) is 19.8. The molecule has 0 saturated carbocycles. The molecule has 0 amide bonds. The highest BCUT2D eigenvalue weighted by Gasteiger charge is 2.32. The maximum Gasteiger partial charge on any atom is 0.207 e. The molecule has 3 nitrogen and oxygen atoms in total. The zero-order valence-electron chi connectivity index (χ0n) is 17.7. The van der Waals surface area contributed by atoms with E-state index in [1.54, 1.807) is 23.5 Å². The molecular weight excluding hydrogens is 429 g/mol. The highest BCUT2D eigenvalue weighted by Crippen LogP contribution is 2.40. The Kier molecular flexibility index (Phi) is 4.96. The monoisotopic (exact) mass is 449 g/mol. The predicted octanol–water partition coefficient (Wildman–Crippen LogP) is 7.46. The minimum Gasteiger partial charge on any atom is -0.231 e. The largest absolute Gasteiger partial charge is 0.231 e. The number of hydrogen-bond acceptors (Lipinski definition) is 4. The third-order valence-corrected chi connectivity index (χ3v) is 6.83. The van der Waals surface area contributed by atoms with Gasteiger partial charge in [-0.15, -0.1) is 11.3 Å². The first-order chi connectivity index (χ1) is 16.2. The highest BCUT2D eigenvalue weighted by molar-refractivity contribution is 7.14. The third kappa shape index (κ3) is 3.81. The summed E-state index contributed by atoms with van der Waals surface area (Å²) in [6, 6.07) is 31.7. The van der Waals surface area contributed by atoms with E-state index < -0.39 is 0 Å². The molecule has 0 saturated heterocycles. The number of aromatic nitrogens is 1. The molecule has 1 aliphatic rings. The standard InChI is InChI=1S/C28H20FN3S/c29-24-14-12-21(13-15-24)25-17-27(23-11-10-19-6-4-5-9-22(19)16-23)32(31-25)28-30-26(18-33-28)20-7-2-1-3-8-20/h1-16,18,27H,17H2. The summed E-state index contributed by atoms with van der Waals surface area (Å²) >= 11 is 1.59. The second kappa shape index (κ2) is 8.26. The molecule has 1 aliphatic heterocycles. The van der Waals surface area contributed by atoms with Gasteiger partial charge >= 0.3 is 0 Å². The first-order valence-electron chi connectivity index (χ1n) is 10.9. The van der Waals surface area contributed by atoms with Crippen LogP contribution in [-0.4, -0.2) is 10.7 Å². The smallest absolute Gasteiger partial charge is 0.207 e. The summed E-state index contributed by atoms with van der Waals surface area (Å²) in [5, 5.41) is 12.4. The van der Waals surface area contributed by atoms with E-state index in [-0.39, 0.29) is 11.9 Å². The lowest BCUT2D eigenvalue weighted by atomic mass is 9.96. The molecule has 0 bridgehead atoms. The van der Waals surface area contributed by atoms with E-state index in [0.717, 1.165) is 34.1 Å². The van der Waals surface area contributed by atoms with Crippen LogP contribution in [0.3, 0.4) is 0 Å². The molecule has 1 atom stereocenters. The third-order valence-electron chi connectivity index (χ3n) is 6.00. The van der Waals surface area contributed by atoms with Crippen molar-refractivity contribution in [1.82, 2.24) is 4.98 Å². The van der Waals surface area contributed by atoms with E-state index in [9.17, 15) is 4.39 Å². The van der Waals surface area contributed by atoms with Crippen molar-refractivity contribution < 1.29 is 4.39 Å². The van der Waals surface area contributed by atoms with Gasteiger partial charge in [-0.3, -0.25) is 0 Å². The van der Waals surface area contributed by atoms with Crippen molar-refractivity contribution in [2.24, 2.45) is 5.10 Å². The lowest BCUT2D eigenvalue weighted by Crippen LogP contribution is -2.18. The van der Waals surface area contributed by atoms with Gasteiger partial charge in [0.15, 0.2) is 0 Å². The topological polar surface area (TPSA) is 28.5 Å². The summed E-state index contributed by atoms with van der Waals surface area (Å²) in [5.74, 6) is -0.243. The van der Waals surface area contributed by atoms with Crippen LogP contribution in [0.2, 0.25) is 0 Å². The van der Waals surface area contributed by atoms with Crippen LogP contribution in [-0.2, 0) is 0 Å². The van der Waals surface area contributed by atoms with E-state index in [4.69, 9.17) is 10.1 Å². The number of benzene rings is 4. The predicted molar refractivity (Wildman–Crippen MR) is 134 cm³/mol. The van der Waals surface area contributed by atoms with Crippen LogP contribution in [0.25, 0.3) is 22.0 Å². The molecule has 0 radical (unpaired) electrons. The summed E-state index contributed by atoms with van der Waals surface area (Å²) in [6.45, 7) is 0. The molecule has 4 aromatic carbocycles. The molecule has 1 unspecified atom stereocenters. The van der Waals surface area contributed by atoms with Crippen LogP contribution in [0.1, 0.15) is 23.6 Å². The summed E-state index contributed by atoms with van der Waals surface area (Å²) in [7, 11) is 0. The zero-order valence-corrected chi connectivity index (χ0v) is 18.5. The van der Waals surface area contributed by atoms with Gasteiger partial charge in [0, 0.05) is 17.4 Å². The van der Waals surface area contributed by atoms with Gasteiger partial charge < -0.3 is 0 Å². The van der Waals surface area contributed by atoms with Gasteiger partial charge in [-0.2, -0.15) is 5.10 Å². The number of hydrazone groups is 1. The number of thiazole rings is 1. The van der Waals surface area contributed by atoms with E-state index in [0.29, 0.717) is 0 Å². The van der Waals surface area contributed by atoms with Gasteiger partial charge in [0.05, 0.1) is 17.4 Å². The number of rotatable bonds is 4. The molecule has 0 spiro atoms. The lowest BCUT2D eigenvalue weighted by molar-refractivity contribution is 0.627. The summed E-state index contributed by atoms with van der Waals surface area (Å²) in [6.07, 6.45) is 0.726. The number of nitrogens with zero attached hydrogens (tertiary/aromatic N) is 3. The van der Waals surface area contributed by atoms with Crippen LogP contribution in [0.15, 0.2) is 108 Å².